The fourth-order valence-corrected chi connectivity index (χ4v) is 3.18. The number of amides is 2. The number of ether oxygens (including phenoxy) is 1. The van der Waals surface area contributed by atoms with E-state index in [1.165, 1.54) is 6.26 Å². The van der Waals surface area contributed by atoms with Crippen LogP contribution in [0.15, 0.2) is 34.9 Å². The van der Waals surface area contributed by atoms with Gasteiger partial charge in [0.25, 0.3) is 5.91 Å². The van der Waals surface area contributed by atoms with Crippen molar-refractivity contribution in [1.82, 2.24) is 4.90 Å². The average molecular weight is 394 g/mol. The zero-order valence-electron chi connectivity index (χ0n) is 15.4. The van der Waals surface area contributed by atoms with E-state index in [4.69, 9.17) is 14.9 Å². The van der Waals surface area contributed by atoms with Crippen molar-refractivity contribution in [3.8, 4) is 5.75 Å². The van der Waals surface area contributed by atoms with Crippen LogP contribution in [-0.2, 0) is 11.3 Å². The molecule has 1 atom stereocenters. The van der Waals surface area contributed by atoms with Crippen molar-refractivity contribution in [2.45, 2.75) is 32.4 Å². The third-order valence-electron chi connectivity index (χ3n) is 4.53. The number of furan rings is 1. The number of hydrogen-bond donors (Lipinski definition) is 2. The van der Waals surface area contributed by atoms with Gasteiger partial charge in [-0.3, -0.25) is 9.59 Å². The molecule has 3 rings (SSSR count). The Labute approximate surface area is 164 Å². The van der Waals surface area contributed by atoms with Crippen molar-refractivity contribution in [2.75, 3.05) is 19.0 Å². The normalized spacial score (nSPS) is 16.0. The lowest BCUT2D eigenvalue weighted by Gasteiger charge is -2.24. The summed E-state index contributed by atoms with van der Waals surface area (Å²) in [7, 11) is 1.56. The molecule has 2 aromatic rings. The van der Waals surface area contributed by atoms with Gasteiger partial charge in [-0.05, 0) is 43.5 Å². The molecule has 1 aromatic carbocycles. The van der Waals surface area contributed by atoms with Crippen LogP contribution in [0.2, 0.25) is 0 Å². The summed E-state index contributed by atoms with van der Waals surface area (Å²) >= 11 is 0. The largest absolute Gasteiger partial charge is 0.495 e. The van der Waals surface area contributed by atoms with Crippen LogP contribution >= 0.6 is 12.4 Å². The average Bonchev–Trinajstić information content (AvgIpc) is 3.30. The number of methoxy groups -OCH3 is 1. The van der Waals surface area contributed by atoms with E-state index < -0.39 is 6.04 Å². The van der Waals surface area contributed by atoms with Gasteiger partial charge in [-0.25, -0.2) is 0 Å². The van der Waals surface area contributed by atoms with E-state index in [0.29, 0.717) is 35.7 Å². The van der Waals surface area contributed by atoms with E-state index >= 15 is 0 Å². The highest BCUT2D eigenvalue weighted by molar-refractivity contribution is 6.02. The minimum Gasteiger partial charge on any atom is -0.495 e. The Balaban J connectivity index is 0.00000261. The third kappa shape index (κ3) is 4.43. The van der Waals surface area contributed by atoms with Crippen LogP contribution in [0.1, 0.15) is 34.5 Å². The molecule has 1 aromatic heterocycles. The second-order valence-corrected chi connectivity index (χ2v) is 6.36. The van der Waals surface area contributed by atoms with Gasteiger partial charge in [-0.15, -0.1) is 12.4 Å². The van der Waals surface area contributed by atoms with E-state index in [0.717, 1.165) is 12.0 Å². The van der Waals surface area contributed by atoms with E-state index in [-0.39, 0.29) is 30.8 Å². The molecule has 0 radical (unpaired) electrons. The minimum atomic E-state index is -0.524. The number of benzene rings is 1. The maximum atomic E-state index is 12.8. The maximum Gasteiger partial charge on any atom is 0.257 e. The number of halogens is 1. The van der Waals surface area contributed by atoms with E-state index in [1.54, 1.807) is 18.1 Å². The number of nitrogens with one attached hydrogen (secondary N) is 1. The Bertz CT molecular complexity index is 821. The molecule has 27 heavy (non-hydrogen) atoms. The molecule has 8 heteroatoms. The molecule has 1 aliphatic rings. The van der Waals surface area contributed by atoms with Crippen LogP contribution < -0.4 is 15.8 Å². The van der Waals surface area contributed by atoms with Gasteiger partial charge in [-0.2, -0.15) is 0 Å². The number of nitrogens with two attached hydrogens (primary N) is 1. The topological polar surface area (TPSA) is 97.8 Å². The number of nitrogens with zero attached hydrogens (tertiary/aromatic N) is 1. The summed E-state index contributed by atoms with van der Waals surface area (Å²) in [6, 6.07) is 6.67. The highest BCUT2D eigenvalue weighted by atomic mass is 35.5. The molecule has 0 bridgehead atoms. The Morgan fingerprint density at radius 3 is 2.81 bits per heavy atom. The van der Waals surface area contributed by atoms with Crippen LogP contribution in [0.5, 0.6) is 5.75 Å². The maximum absolute atomic E-state index is 12.8. The van der Waals surface area contributed by atoms with Crippen LogP contribution in [0.4, 0.5) is 5.69 Å². The van der Waals surface area contributed by atoms with Gasteiger partial charge in [-0.1, -0.05) is 6.07 Å². The second kappa shape index (κ2) is 8.92. The highest BCUT2D eigenvalue weighted by Crippen LogP contribution is 2.27. The Kier molecular flexibility index (Phi) is 6.87. The molecule has 1 aliphatic heterocycles. The van der Waals surface area contributed by atoms with E-state index in [9.17, 15) is 9.59 Å². The number of rotatable bonds is 5. The molecule has 1 fully saturated rings. The summed E-state index contributed by atoms with van der Waals surface area (Å²) in [6.07, 6.45) is 2.78. The number of anilines is 1. The fourth-order valence-electron chi connectivity index (χ4n) is 3.18. The summed E-state index contributed by atoms with van der Waals surface area (Å²) in [4.78, 5) is 27.1. The number of aryl methyl sites for hydroxylation is 1. The van der Waals surface area contributed by atoms with E-state index in [2.05, 4.69) is 5.32 Å². The van der Waals surface area contributed by atoms with Crippen LogP contribution in [0, 0.1) is 6.92 Å². The smallest absolute Gasteiger partial charge is 0.257 e. The number of hydrogen-bond acceptors (Lipinski definition) is 5. The molecule has 2 heterocycles. The zero-order valence-corrected chi connectivity index (χ0v) is 16.2. The summed E-state index contributed by atoms with van der Waals surface area (Å²) in [5, 5.41) is 2.90. The van der Waals surface area contributed by atoms with Crippen molar-refractivity contribution in [2.24, 2.45) is 5.73 Å². The molecule has 3 N–H and O–H groups in total. The van der Waals surface area contributed by atoms with Crippen molar-refractivity contribution < 1.29 is 18.7 Å². The Hall–Kier alpha value is -2.51. The summed E-state index contributed by atoms with van der Waals surface area (Å²) in [5.41, 5.74) is 7.55. The quantitative estimate of drug-likeness (QED) is 0.813. The van der Waals surface area contributed by atoms with Crippen molar-refractivity contribution in [3.05, 3.63) is 47.4 Å². The predicted octanol–water partition coefficient (Wildman–Crippen LogP) is 2.72. The first-order valence-electron chi connectivity index (χ1n) is 8.57. The predicted molar refractivity (Wildman–Crippen MR) is 104 cm³/mol. The summed E-state index contributed by atoms with van der Waals surface area (Å²) in [6.45, 7) is 2.70. The minimum absolute atomic E-state index is 0. The second-order valence-electron chi connectivity index (χ2n) is 6.36. The number of carbonyl (C=O) groups excluding carboxylic acids is 2. The van der Waals surface area contributed by atoms with Crippen LogP contribution in [0.3, 0.4) is 0 Å². The molecular weight excluding hydrogens is 370 g/mol. The first-order valence-corrected chi connectivity index (χ1v) is 8.57. The lowest BCUT2D eigenvalue weighted by Crippen LogP contribution is -2.43. The lowest BCUT2D eigenvalue weighted by atomic mass is 10.1. The molecule has 7 nitrogen and oxygen atoms in total. The van der Waals surface area contributed by atoms with E-state index in [1.807, 2.05) is 25.1 Å². The standard InChI is InChI=1S/C19H23N3O4.ClH/c1-12-5-6-17(25-2)15(8-12)21-18(23)16-4-3-7-22(16)19(24)13-9-14(10-20)26-11-13;/h5-6,8-9,11,16H,3-4,7,10,20H2,1-2H3,(H,21,23);1H. The van der Waals surface area contributed by atoms with Gasteiger partial charge < -0.3 is 25.1 Å². The van der Waals surface area contributed by atoms with Crippen molar-refractivity contribution in [3.63, 3.8) is 0 Å². The highest BCUT2D eigenvalue weighted by Gasteiger charge is 2.35. The molecule has 2 amide bonds. The SMILES string of the molecule is COc1ccc(C)cc1NC(=O)C1CCCN1C(=O)c1coc(CN)c1.Cl. The molecular formula is C19H24ClN3O4. The molecule has 0 aliphatic carbocycles. The van der Waals surface area contributed by atoms with Crippen molar-refractivity contribution >= 4 is 29.9 Å². The van der Waals surface area contributed by atoms with Crippen LogP contribution in [-0.4, -0.2) is 36.4 Å². The monoisotopic (exact) mass is 393 g/mol. The lowest BCUT2D eigenvalue weighted by molar-refractivity contribution is -0.119. The summed E-state index contributed by atoms with van der Waals surface area (Å²) in [5.74, 6) is 0.685. The van der Waals surface area contributed by atoms with Crippen molar-refractivity contribution in [1.29, 1.82) is 0 Å². The first-order chi connectivity index (χ1) is 12.5. The van der Waals surface area contributed by atoms with Gasteiger partial charge >= 0.3 is 0 Å². The zero-order chi connectivity index (χ0) is 18.7. The Morgan fingerprint density at radius 1 is 1.37 bits per heavy atom. The molecule has 0 spiro atoms. The molecule has 1 unspecified atom stereocenters. The molecule has 1 saturated heterocycles. The number of likely N-dealkylation sites (tertiary alicyclic amines) is 1. The van der Waals surface area contributed by atoms with Gasteiger partial charge in [0.05, 0.1) is 24.9 Å². The third-order valence-corrected chi connectivity index (χ3v) is 4.53. The molecule has 146 valence electrons. The number of carbonyl (C=O) groups is 2. The van der Waals surface area contributed by atoms with Gasteiger partial charge in [0.2, 0.25) is 5.91 Å². The molecule has 0 saturated carbocycles. The van der Waals surface area contributed by atoms with Gasteiger partial charge in [0.15, 0.2) is 0 Å². The Morgan fingerprint density at radius 2 is 2.15 bits per heavy atom. The van der Waals surface area contributed by atoms with Crippen LogP contribution in [0.25, 0.3) is 0 Å². The fraction of sp³-hybridized carbons (Fsp3) is 0.368. The first kappa shape index (κ1) is 20.8. The van der Waals surface area contributed by atoms with Gasteiger partial charge in [0.1, 0.15) is 23.8 Å². The summed E-state index contributed by atoms with van der Waals surface area (Å²) < 4.78 is 10.5. The van der Waals surface area contributed by atoms with Gasteiger partial charge in [0, 0.05) is 6.54 Å².